The molecule has 0 amide bonds. The molecule has 2 unspecified atom stereocenters. The van der Waals surface area contributed by atoms with Gasteiger partial charge in [0.1, 0.15) is 11.6 Å². The normalized spacial score (nSPS) is 12.8. The number of rotatable bonds is 11. The van der Waals surface area contributed by atoms with Crippen LogP contribution < -0.4 is 10.3 Å². The number of hydrogen-bond acceptors (Lipinski definition) is 5. The van der Waals surface area contributed by atoms with Crippen molar-refractivity contribution in [2.45, 2.75) is 36.8 Å². The Labute approximate surface area is 206 Å². The zero-order valence-corrected chi connectivity index (χ0v) is 20.8. The van der Waals surface area contributed by atoms with Crippen molar-refractivity contribution in [1.29, 1.82) is 0 Å². The first-order valence-electron chi connectivity index (χ1n) is 10.8. The average Bonchev–Trinajstić information content (AvgIpc) is 2.79. The van der Waals surface area contributed by atoms with Gasteiger partial charge in [-0.05, 0) is 31.5 Å². The van der Waals surface area contributed by atoms with Gasteiger partial charge in [0.25, 0.3) is 5.56 Å². The first kappa shape index (κ1) is 24.9. The molecule has 8 heteroatoms. The summed E-state index contributed by atoms with van der Waals surface area (Å²) >= 11 is 2.20. The average molecular weight is 562 g/mol. The van der Waals surface area contributed by atoms with E-state index in [1.807, 2.05) is 61.5 Å². The molecule has 0 fully saturated rings. The van der Waals surface area contributed by atoms with E-state index in [-0.39, 0.29) is 9.61 Å². The number of alkyl halides is 1. The second kappa shape index (κ2) is 11.9. The van der Waals surface area contributed by atoms with Crippen LogP contribution in [0.1, 0.15) is 29.3 Å². The van der Waals surface area contributed by atoms with Crippen molar-refractivity contribution in [2.75, 3.05) is 13.2 Å². The largest absolute Gasteiger partial charge is 0.493 e. The molecule has 0 saturated heterocycles. The third-order valence-corrected chi connectivity index (χ3v) is 5.59. The van der Waals surface area contributed by atoms with Crippen LogP contribution in [0.25, 0.3) is 11.3 Å². The minimum atomic E-state index is -0.974. The van der Waals surface area contributed by atoms with E-state index in [9.17, 15) is 14.7 Å². The van der Waals surface area contributed by atoms with Gasteiger partial charge in [0.15, 0.2) is 6.10 Å². The zero-order chi connectivity index (χ0) is 23.8. The van der Waals surface area contributed by atoms with Gasteiger partial charge in [-0.25, -0.2) is 9.78 Å². The number of carboxylic acids is 1. The van der Waals surface area contributed by atoms with Crippen molar-refractivity contribution in [3.63, 3.8) is 0 Å². The van der Waals surface area contributed by atoms with Crippen molar-refractivity contribution in [1.82, 2.24) is 9.55 Å². The first-order valence-corrected chi connectivity index (χ1v) is 12.0. The quantitative estimate of drug-likeness (QED) is 0.273. The maximum Gasteiger partial charge on any atom is 0.333 e. The number of nitrogens with zero attached hydrogens (tertiary/aromatic N) is 2. The van der Waals surface area contributed by atoms with E-state index < -0.39 is 12.1 Å². The Morgan fingerprint density at radius 3 is 2.45 bits per heavy atom. The standard InChI is InChI=1S/C25H27IN2O5/c1-3-32-22(25(30)31)15-18-9-11-20(12-10-18)33-14-13-23-27-21(19-7-5-4-6-8-19)16-24(29)28(23)17(2)26/h4-12,16-17,22H,3,13-15H2,1-2H3,(H,30,31). The Bertz CT molecular complexity index is 1110. The summed E-state index contributed by atoms with van der Waals surface area (Å²) in [6, 6.07) is 18.5. The second-order valence-electron chi connectivity index (χ2n) is 7.43. The molecule has 0 saturated carbocycles. The molecule has 1 aromatic heterocycles. The van der Waals surface area contributed by atoms with E-state index in [0.717, 1.165) is 11.1 Å². The number of aliphatic carboxylic acids is 1. The maximum atomic E-state index is 12.8. The second-order valence-corrected chi connectivity index (χ2v) is 9.24. The van der Waals surface area contributed by atoms with Crippen molar-refractivity contribution >= 4 is 28.6 Å². The van der Waals surface area contributed by atoms with Gasteiger partial charge in [0, 0.05) is 31.1 Å². The number of aromatic nitrogens is 2. The summed E-state index contributed by atoms with van der Waals surface area (Å²) in [6.45, 7) is 4.42. The molecule has 7 nitrogen and oxygen atoms in total. The number of hydrogen-bond donors (Lipinski definition) is 1. The number of halogens is 1. The van der Waals surface area contributed by atoms with E-state index in [0.29, 0.717) is 43.3 Å². The Kier molecular flexibility index (Phi) is 9.02. The molecule has 0 aliphatic rings. The lowest BCUT2D eigenvalue weighted by molar-refractivity contribution is -0.149. The summed E-state index contributed by atoms with van der Waals surface area (Å²) in [6.07, 6.45) is -0.104. The first-order chi connectivity index (χ1) is 15.9. The van der Waals surface area contributed by atoms with E-state index in [1.54, 1.807) is 17.6 Å². The number of carbonyl (C=O) groups is 1. The van der Waals surface area contributed by atoms with Crippen molar-refractivity contribution in [2.24, 2.45) is 0 Å². The molecule has 2 atom stereocenters. The summed E-state index contributed by atoms with van der Waals surface area (Å²) in [5, 5.41) is 9.24. The molecule has 0 aliphatic carbocycles. The summed E-state index contributed by atoms with van der Waals surface area (Å²) in [5.74, 6) is 0.358. The van der Waals surface area contributed by atoms with Crippen LogP contribution in [0, 0.1) is 0 Å². The molecule has 2 aromatic carbocycles. The van der Waals surface area contributed by atoms with Crippen LogP contribution in [0.3, 0.4) is 0 Å². The molecule has 0 bridgehead atoms. The SMILES string of the molecule is CCOC(Cc1ccc(OCCc2nc(-c3ccccc3)cc(=O)n2C(C)I)cc1)C(=O)O. The lowest BCUT2D eigenvalue weighted by Gasteiger charge is -2.16. The van der Waals surface area contributed by atoms with Gasteiger partial charge in [-0.1, -0.05) is 65.1 Å². The minimum Gasteiger partial charge on any atom is -0.493 e. The van der Waals surface area contributed by atoms with Gasteiger partial charge in [0.05, 0.1) is 16.3 Å². The Morgan fingerprint density at radius 1 is 1.15 bits per heavy atom. The highest BCUT2D eigenvalue weighted by Gasteiger charge is 2.18. The molecule has 3 aromatic rings. The highest BCUT2D eigenvalue weighted by atomic mass is 127. The molecular formula is C25H27IN2O5. The van der Waals surface area contributed by atoms with Crippen LogP contribution in [0.4, 0.5) is 0 Å². The van der Waals surface area contributed by atoms with Gasteiger partial charge >= 0.3 is 5.97 Å². The summed E-state index contributed by atoms with van der Waals surface area (Å²) in [7, 11) is 0. The van der Waals surface area contributed by atoms with Crippen molar-refractivity contribution in [3.05, 3.63) is 82.4 Å². The lowest BCUT2D eigenvalue weighted by Crippen LogP contribution is -2.26. The summed E-state index contributed by atoms with van der Waals surface area (Å²) < 4.78 is 12.8. The summed E-state index contributed by atoms with van der Waals surface area (Å²) in [4.78, 5) is 28.8. The highest BCUT2D eigenvalue weighted by Crippen LogP contribution is 2.20. The molecule has 1 heterocycles. The molecule has 3 rings (SSSR count). The van der Waals surface area contributed by atoms with E-state index in [4.69, 9.17) is 14.5 Å². The lowest BCUT2D eigenvalue weighted by atomic mass is 10.1. The predicted molar refractivity (Wildman–Crippen MR) is 135 cm³/mol. The third-order valence-electron chi connectivity index (χ3n) is 5.03. The predicted octanol–water partition coefficient (Wildman–Crippen LogP) is 4.52. The fourth-order valence-electron chi connectivity index (χ4n) is 3.47. The van der Waals surface area contributed by atoms with E-state index in [1.165, 1.54) is 0 Å². The fraction of sp³-hybridized carbons (Fsp3) is 0.320. The third kappa shape index (κ3) is 6.88. The maximum absolute atomic E-state index is 12.8. The van der Waals surface area contributed by atoms with Crippen LogP contribution in [-0.4, -0.2) is 39.9 Å². The van der Waals surface area contributed by atoms with Crippen molar-refractivity contribution < 1.29 is 19.4 Å². The van der Waals surface area contributed by atoms with Crippen LogP contribution in [0.15, 0.2) is 65.5 Å². The zero-order valence-electron chi connectivity index (χ0n) is 18.6. The van der Waals surface area contributed by atoms with Crippen LogP contribution >= 0.6 is 22.6 Å². The topological polar surface area (TPSA) is 90.7 Å². The molecule has 0 aliphatic heterocycles. The van der Waals surface area contributed by atoms with Gasteiger partial charge < -0.3 is 14.6 Å². The van der Waals surface area contributed by atoms with Gasteiger partial charge in [-0.3, -0.25) is 9.36 Å². The molecule has 174 valence electrons. The Hall–Kier alpha value is -2.72. The number of carboxylic acid groups (broad SMARTS) is 1. The highest BCUT2D eigenvalue weighted by molar-refractivity contribution is 14.1. The molecule has 1 N–H and O–H groups in total. The van der Waals surface area contributed by atoms with Gasteiger partial charge in [0.2, 0.25) is 0 Å². The molecule has 0 radical (unpaired) electrons. The Balaban J connectivity index is 1.69. The van der Waals surface area contributed by atoms with Crippen molar-refractivity contribution in [3.8, 4) is 17.0 Å². The van der Waals surface area contributed by atoms with Gasteiger partial charge in [-0.2, -0.15) is 0 Å². The van der Waals surface area contributed by atoms with Crippen LogP contribution in [0.2, 0.25) is 0 Å². The fourth-order valence-corrected chi connectivity index (χ4v) is 4.06. The molecule has 33 heavy (non-hydrogen) atoms. The molecule has 0 spiro atoms. The summed E-state index contributed by atoms with van der Waals surface area (Å²) in [5.41, 5.74) is 2.31. The minimum absolute atomic E-state index is 0.0470. The van der Waals surface area contributed by atoms with Gasteiger partial charge in [-0.15, -0.1) is 0 Å². The monoisotopic (exact) mass is 562 g/mol. The number of benzene rings is 2. The molecular weight excluding hydrogens is 535 g/mol. The van der Waals surface area contributed by atoms with E-state index in [2.05, 4.69) is 22.6 Å². The van der Waals surface area contributed by atoms with Crippen LogP contribution in [0.5, 0.6) is 5.75 Å². The Morgan fingerprint density at radius 2 is 1.85 bits per heavy atom. The number of ether oxygens (including phenoxy) is 2. The smallest absolute Gasteiger partial charge is 0.333 e. The van der Waals surface area contributed by atoms with E-state index >= 15 is 0 Å². The van der Waals surface area contributed by atoms with Crippen LogP contribution in [-0.2, 0) is 22.4 Å².